The first-order valence-electron chi connectivity index (χ1n) is 9.30. The Bertz CT molecular complexity index is 455. The average molecular weight is 305 g/mol. The lowest BCUT2D eigenvalue weighted by Crippen LogP contribution is -2.53. The molecule has 0 amide bonds. The monoisotopic (exact) mass is 304 g/mol. The quantitative estimate of drug-likeness (QED) is 0.419. The molecule has 7 atom stereocenters. The van der Waals surface area contributed by atoms with Crippen molar-refractivity contribution in [1.82, 2.24) is 0 Å². The van der Waals surface area contributed by atoms with Crippen molar-refractivity contribution in [3.63, 3.8) is 0 Å². The van der Waals surface area contributed by atoms with Gasteiger partial charge in [-0.15, -0.1) is 0 Å². The molecule has 4 saturated carbocycles. The van der Waals surface area contributed by atoms with E-state index in [0.29, 0.717) is 16.1 Å². The summed E-state index contributed by atoms with van der Waals surface area (Å²) < 4.78 is 0. The maximum atomic E-state index is 4.81. The summed E-state index contributed by atoms with van der Waals surface area (Å²) in [5.74, 6) is 3.70. The molecule has 0 aromatic carbocycles. The van der Waals surface area contributed by atoms with Crippen molar-refractivity contribution in [1.29, 1.82) is 0 Å². The van der Waals surface area contributed by atoms with E-state index in [4.69, 9.17) is 12.6 Å². The average Bonchev–Trinajstić information content (AvgIpc) is 2.83. The van der Waals surface area contributed by atoms with Crippen LogP contribution in [0.1, 0.15) is 71.6 Å². The fraction of sp³-hybridized carbons (Fsp3) is 0.900. The zero-order valence-corrected chi connectivity index (χ0v) is 14.8. The van der Waals surface area contributed by atoms with Gasteiger partial charge in [-0.25, -0.2) is 0 Å². The van der Waals surface area contributed by atoms with E-state index in [0.717, 1.165) is 23.7 Å². The smallest absolute Gasteiger partial charge is 0.00229 e. The Morgan fingerprint density at radius 2 is 1.86 bits per heavy atom. The van der Waals surface area contributed by atoms with Crippen molar-refractivity contribution in [2.24, 2.45) is 34.5 Å². The fourth-order valence-electron chi connectivity index (χ4n) is 7.22. The summed E-state index contributed by atoms with van der Waals surface area (Å²) in [6.45, 7) is 9.79. The van der Waals surface area contributed by atoms with Gasteiger partial charge in [0.25, 0.3) is 0 Å². The second-order valence-corrected chi connectivity index (χ2v) is 10.0. The van der Waals surface area contributed by atoms with Crippen molar-refractivity contribution in [3.8, 4) is 0 Å². The maximum absolute atomic E-state index is 4.81. The Labute approximate surface area is 136 Å². The van der Waals surface area contributed by atoms with Crippen LogP contribution in [0.15, 0.2) is 12.2 Å². The highest BCUT2D eigenvalue weighted by molar-refractivity contribution is 7.80. The van der Waals surface area contributed by atoms with E-state index in [1.54, 1.807) is 5.57 Å². The standard InChI is InChI=1S/C20H32S/c1-13-11-15-16-5-4-8-19(16,2)9-7-17(15)20(3)10-6-14(21)12-18(13)20/h14-18,21H,1,4-12H2,2-3H3/t14-,15+,16+,17+,18?,19+,20-/m1/s1. The van der Waals surface area contributed by atoms with Crippen LogP contribution < -0.4 is 0 Å². The SMILES string of the molecule is C=C1C[C@H]2[C@@H]3CCC[C@@]3(C)CC[C@@H]2[C@@]2(C)CC[C@@H](S)CC12. The molecule has 4 aliphatic rings. The molecule has 21 heavy (non-hydrogen) atoms. The van der Waals surface area contributed by atoms with E-state index in [9.17, 15) is 0 Å². The topological polar surface area (TPSA) is 0 Å². The highest BCUT2D eigenvalue weighted by atomic mass is 32.1. The molecule has 1 unspecified atom stereocenters. The van der Waals surface area contributed by atoms with Gasteiger partial charge in [0, 0.05) is 5.25 Å². The molecule has 0 heterocycles. The first-order valence-corrected chi connectivity index (χ1v) is 9.81. The zero-order valence-electron chi connectivity index (χ0n) is 13.9. The van der Waals surface area contributed by atoms with Crippen molar-refractivity contribution >= 4 is 12.6 Å². The third-order valence-electron chi connectivity index (χ3n) is 8.38. The molecule has 0 bridgehead atoms. The summed E-state index contributed by atoms with van der Waals surface area (Å²) in [5, 5.41) is 0.622. The predicted octanol–water partition coefficient (Wildman–Crippen LogP) is 5.88. The first-order chi connectivity index (χ1) is 9.94. The number of thiol groups is 1. The summed E-state index contributed by atoms with van der Waals surface area (Å²) in [4.78, 5) is 0. The van der Waals surface area contributed by atoms with Gasteiger partial charge in [0.15, 0.2) is 0 Å². The third-order valence-corrected chi connectivity index (χ3v) is 8.85. The minimum absolute atomic E-state index is 0.545. The molecule has 0 N–H and O–H groups in total. The summed E-state index contributed by atoms with van der Waals surface area (Å²) in [6, 6.07) is 0. The van der Waals surface area contributed by atoms with Crippen LogP contribution in [0.5, 0.6) is 0 Å². The zero-order chi connectivity index (χ0) is 14.8. The Morgan fingerprint density at radius 1 is 1.05 bits per heavy atom. The van der Waals surface area contributed by atoms with Gasteiger partial charge in [-0.3, -0.25) is 0 Å². The van der Waals surface area contributed by atoms with Crippen LogP contribution >= 0.6 is 12.6 Å². The van der Waals surface area contributed by atoms with Crippen LogP contribution in [-0.4, -0.2) is 5.25 Å². The van der Waals surface area contributed by atoms with Crippen molar-refractivity contribution in [2.75, 3.05) is 0 Å². The minimum atomic E-state index is 0.545. The highest BCUT2D eigenvalue weighted by Gasteiger charge is 2.58. The fourth-order valence-corrected chi connectivity index (χ4v) is 7.56. The van der Waals surface area contributed by atoms with Gasteiger partial charge >= 0.3 is 0 Å². The van der Waals surface area contributed by atoms with Gasteiger partial charge in [-0.05, 0) is 85.9 Å². The van der Waals surface area contributed by atoms with Crippen LogP contribution in [0.3, 0.4) is 0 Å². The van der Waals surface area contributed by atoms with Gasteiger partial charge in [0.1, 0.15) is 0 Å². The van der Waals surface area contributed by atoms with Crippen LogP contribution in [0.25, 0.3) is 0 Å². The number of allylic oxidation sites excluding steroid dienone is 1. The van der Waals surface area contributed by atoms with Crippen molar-refractivity contribution in [2.45, 2.75) is 76.9 Å². The first kappa shape index (κ1) is 14.7. The Kier molecular flexibility index (Phi) is 3.35. The second kappa shape index (κ2) is 4.79. The van der Waals surface area contributed by atoms with Gasteiger partial charge in [0.05, 0.1) is 0 Å². The van der Waals surface area contributed by atoms with Gasteiger partial charge in [-0.1, -0.05) is 32.4 Å². The molecular weight excluding hydrogens is 272 g/mol. The summed E-state index contributed by atoms with van der Waals surface area (Å²) in [7, 11) is 0. The number of fused-ring (bicyclic) bond motifs is 5. The summed E-state index contributed by atoms with van der Waals surface area (Å²) >= 11 is 4.81. The highest BCUT2D eigenvalue weighted by Crippen LogP contribution is 2.67. The van der Waals surface area contributed by atoms with Crippen molar-refractivity contribution < 1.29 is 0 Å². The molecule has 0 aromatic heterocycles. The van der Waals surface area contributed by atoms with Crippen molar-refractivity contribution in [3.05, 3.63) is 12.2 Å². The second-order valence-electron chi connectivity index (χ2n) is 9.31. The molecule has 0 nitrogen and oxygen atoms in total. The van der Waals surface area contributed by atoms with Crippen LogP contribution in [-0.2, 0) is 0 Å². The van der Waals surface area contributed by atoms with E-state index in [2.05, 4.69) is 20.4 Å². The Morgan fingerprint density at radius 3 is 2.67 bits per heavy atom. The molecule has 0 aliphatic heterocycles. The molecule has 0 saturated heterocycles. The molecule has 1 heteroatoms. The van der Waals surface area contributed by atoms with Crippen LogP contribution in [0, 0.1) is 34.5 Å². The summed E-state index contributed by atoms with van der Waals surface area (Å²) in [5.41, 5.74) is 2.81. The molecular formula is C20H32S. The minimum Gasteiger partial charge on any atom is -0.176 e. The van der Waals surface area contributed by atoms with E-state index < -0.39 is 0 Å². The molecule has 4 aliphatic carbocycles. The Hall–Kier alpha value is 0.0900. The van der Waals surface area contributed by atoms with E-state index in [-0.39, 0.29) is 0 Å². The Balaban J connectivity index is 1.68. The number of rotatable bonds is 0. The molecule has 0 radical (unpaired) electrons. The lowest BCUT2D eigenvalue weighted by atomic mass is 9.44. The van der Waals surface area contributed by atoms with E-state index in [1.807, 2.05) is 0 Å². The van der Waals surface area contributed by atoms with Gasteiger partial charge in [0.2, 0.25) is 0 Å². The number of hydrogen-bond acceptors (Lipinski definition) is 1. The largest absolute Gasteiger partial charge is 0.176 e. The molecule has 0 spiro atoms. The van der Waals surface area contributed by atoms with E-state index in [1.165, 1.54) is 57.8 Å². The molecule has 4 rings (SSSR count). The van der Waals surface area contributed by atoms with Gasteiger partial charge in [-0.2, -0.15) is 12.6 Å². The molecule has 4 fully saturated rings. The van der Waals surface area contributed by atoms with E-state index >= 15 is 0 Å². The van der Waals surface area contributed by atoms with Gasteiger partial charge < -0.3 is 0 Å². The molecule has 0 aromatic rings. The lowest BCUT2D eigenvalue weighted by Gasteiger charge is -2.61. The normalized spacial score (nSPS) is 56.5. The predicted molar refractivity (Wildman–Crippen MR) is 93.6 cm³/mol. The van der Waals surface area contributed by atoms with Crippen LogP contribution in [0.2, 0.25) is 0 Å². The summed E-state index contributed by atoms with van der Waals surface area (Å²) in [6.07, 6.45) is 12.8. The number of hydrogen-bond donors (Lipinski definition) is 1. The van der Waals surface area contributed by atoms with Crippen LogP contribution in [0.4, 0.5) is 0 Å². The third kappa shape index (κ3) is 2.02. The maximum Gasteiger partial charge on any atom is 0.00229 e. The lowest BCUT2D eigenvalue weighted by molar-refractivity contribution is -0.0788. The molecule has 118 valence electrons.